The Kier molecular flexibility index (Phi) is 5.83. The van der Waals surface area contributed by atoms with Crippen LogP contribution in [0.1, 0.15) is 50.4 Å². The quantitative estimate of drug-likeness (QED) is 0.499. The average Bonchev–Trinajstić information content (AvgIpc) is 2.78. The Balaban J connectivity index is 1.82. The van der Waals surface area contributed by atoms with Gasteiger partial charge in [0.1, 0.15) is 11.4 Å². The summed E-state index contributed by atoms with van der Waals surface area (Å²) in [4.78, 5) is 16.5. The molecule has 1 atom stereocenters. The topological polar surface area (TPSA) is 53.0 Å². The lowest BCUT2D eigenvalue weighted by molar-refractivity contribution is 0.0589. The molecule has 1 heterocycles. The summed E-state index contributed by atoms with van der Waals surface area (Å²) in [5.74, 6) is 0.251. The Labute approximate surface area is 196 Å². The van der Waals surface area contributed by atoms with E-state index in [2.05, 4.69) is 43.1 Å². The van der Waals surface area contributed by atoms with Gasteiger partial charge in [-0.2, -0.15) is 0 Å². The van der Waals surface area contributed by atoms with Gasteiger partial charge in [-0.15, -0.1) is 0 Å². The van der Waals surface area contributed by atoms with Crippen LogP contribution in [0.5, 0.6) is 5.75 Å². The van der Waals surface area contributed by atoms with E-state index in [1.54, 1.807) is 24.1 Å². The van der Waals surface area contributed by atoms with Gasteiger partial charge in [0.05, 0.1) is 6.04 Å². The summed E-state index contributed by atoms with van der Waals surface area (Å²) in [7, 11) is 3.81. The van der Waals surface area contributed by atoms with E-state index in [-0.39, 0.29) is 17.9 Å². The van der Waals surface area contributed by atoms with Crippen LogP contribution in [-0.4, -0.2) is 30.9 Å². The van der Waals surface area contributed by atoms with E-state index < -0.39 is 5.60 Å². The lowest BCUT2D eigenvalue weighted by atomic mass is 9.84. The molecule has 0 fully saturated rings. The first-order chi connectivity index (χ1) is 15.6. The number of benzene rings is 3. The summed E-state index contributed by atoms with van der Waals surface area (Å²) >= 11 is 0. The monoisotopic (exact) mass is 444 g/mol. The second-order valence-corrected chi connectivity index (χ2v) is 9.62. The summed E-state index contributed by atoms with van der Waals surface area (Å²) in [6.45, 7) is 7.76. The molecule has 0 spiro atoms. The first kappa shape index (κ1) is 22.7. The van der Waals surface area contributed by atoms with Crippen molar-refractivity contribution in [3.8, 4) is 16.9 Å². The van der Waals surface area contributed by atoms with Gasteiger partial charge in [0.2, 0.25) is 0 Å². The molecular weight excluding hydrogens is 412 g/mol. The van der Waals surface area contributed by atoms with Crippen LogP contribution in [0, 0.1) is 0 Å². The van der Waals surface area contributed by atoms with Crippen molar-refractivity contribution in [1.29, 1.82) is 0 Å². The number of hydrogen-bond donors (Lipinski definition) is 1. The fourth-order valence-corrected chi connectivity index (χ4v) is 4.40. The minimum absolute atomic E-state index is 0.0123. The zero-order chi connectivity index (χ0) is 23.9. The van der Waals surface area contributed by atoms with Crippen LogP contribution < -0.4 is 9.80 Å². The van der Waals surface area contributed by atoms with Crippen molar-refractivity contribution in [3.63, 3.8) is 0 Å². The lowest BCUT2D eigenvalue weighted by Crippen LogP contribution is -2.34. The van der Waals surface area contributed by atoms with Crippen LogP contribution >= 0.6 is 0 Å². The fourth-order valence-electron chi connectivity index (χ4n) is 4.40. The molecule has 1 aliphatic rings. The molecule has 0 radical (unpaired) electrons. The van der Waals surface area contributed by atoms with E-state index in [9.17, 15) is 9.90 Å². The lowest BCUT2D eigenvalue weighted by Gasteiger charge is -2.39. The first-order valence-corrected chi connectivity index (χ1v) is 11.3. The maximum atomic E-state index is 12.7. The molecule has 3 aromatic rings. The third kappa shape index (κ3) is 4.40. The largest absolute Gasteiger partial charge is 0.508 e. The molecular formula is C28H32N2O3. The van der Waals surface area contributed by atoms with Crippen LogP contribution in [0.15, 0.2) is 60.7 Å². The van der Waals surface area contributed by atoms with Gasteiger partial charge in [-0.3, -0.25) is 4.90 Å². The third-order valence-electron chi connectivity index (χ3n) is 6.12. The number of amides is 1. The van der Waals surface area contributed by atoms with Gasteiger partial charge in [0, 0.05) is 31.0 Å². The van der Waals surface area contributed by atoms with Crippen molar-refractivity contribution < 1.29 is 14.6 Å². The number of rotatable bonds is 3. The molecule has 1 N–H and O–H groups in total. The Bertz CT molecular complexity index is 1180. The molecule has 0 aromatic heterocycles. The van der Waals surface area contributed by atoms with E-state index in [0.29, 0.717) is 0 Å². The minimum atomic E-state index is -0.559. The van der Waals surface area contributed by atoms with Gasteiger partial charge < -0.3 is 14.7 Å². The highest BCUT2D eigenvalue weighted by molar-refractivity contribution is 5.92. The van der Waals surface area contributed by atoms with E-state index in [1.807, 2.05) is 45.0 Å². The van der Waals surface area contributed by atoms with Crippen LogP contribution in [-0.2, 0) is 11.2 Å². The van der Waals surface area contributed by atoms with E-state index in [1.165, 1.54) is 16.7 Å². The number of anilines is 2. The SMILES string of the molecule is CCc1ccc2c(c1)C(c1ccc(O)cc1)N(C)c1cc(N(C)C(=O)OC(C)(C)C)ccc1-2. The second kappa shape index (κ2) is 8.47. The zero-order valence-corrected chi connectivity index (χ0v) is 20.2. The molecule has 5 heteroatoms. The molecule has 1 unspecified atom stereocenters. The standard InChI is InChI=1S/C28H32N2O3/c1-7-18-8-14-22-23-15-11-20(29(5)27(32)33-28(2,3)4)17-25(23)30(6)26(24(22)16-18)19-9-12-21(31)13-10-19/h8-17,26,31H,7H2,1-6H3. The summed E-state index contributed by atoms with van der Waals surface area (Å²) in [6.07, 6.45) is 0.579. The number of carbonyl (C=O) groups is 1. The Hall–Kier alpha value is -3.47. The van der Waals surface area contributed by atoms with Crippen molar-refractivity contribution >= 4 is 17.5 Å². The average molecular weight is 445 g/mol. The summed E-state index contributed by atoms with van der Waals surface area (Å²) in [6, 6.07) is 20.2. The Morgan fingerprint density at radius 2 is 1.70 bits per heavy atom. The number of ether oxygens (including phenoxy) is 1. The smallest absolute Gasteiger partial charge is 0.414 e. The highest BCUT2D eigenvalue weighted by Gasteiger charge is 2.31. The Morgan fingerprint density at radius 3 is 2.33 bits per heavy atom. The highest BCUT2D eigenvalue weighted by atomic mass is 16.6. The maximum absolute atomic E-state index is 12.7. The molecule has 0 saturated heterocycles. The summed E-state index contributed by atoms with van der Waals surface area (Å²) < 4.78 is 5.56. The van der Waals surface area contributed by atoms with Crippen LogP contribution in [0.3, 0.4) is 0 Å². The molecule has 3 aromatic carbocycles. The molecule has 33 heavy (non-hydrogen) atoms. The van der Waals surface area contributed by atoms with Crippen LogP contribution in [0.25, 0.3) is 11.1 Å². The van der Waals surface area contributed by atoms with E-state index in [4.69, 9.17) is 4.74 Å². The number of carbonyl (C=O) groups excluding carboxylic acids is 1. The van der Waals surface area contributed by atoms with Crippen molar-refractivity contribution in [2.45, 2.75) is 45.8 Å². The van der Waals surface area contributed by atoms with Gasteiger partial charge in [0.15, 0.2) is 0 Å². The number of fused-ring (bicyclic) bond motifs is 3. The predicted octanol–water partition coefficient (Wildman–Crippen LogP) is 6.53. The Morgan fingerprint density at radius 1 is 1.03 bits per heavy atom. The van der Waals surface area contributed by atoms with Crippen molar-refractivity contribution in [3.05, 3.63) is 77.4 Å². The molecule has 0 bridgehead atoms. The van der Waals surface area contributed by atoms with Crippen LogP contribution in [0.2, 0.25) is 0 Å². The minimum Gasteiger partial charge on any atom is -0.508 e. The highest BCUT2D eigenvalue weighted by Crippen LogP contribution is 2.48. The predicted molar refractivity (Wildman–Crippen MR) is 134 cm³/mol. The molecule has 0 aliphatic carbocycles. The summed E-state index contributed by atoms with van der Waals surface area (Å²) in [5, 5.41) is 9.82. The molecule has 1 aliphatic heterocycles. The molecule has 172 valence electrons. The van der Waals surface area contributed by atoms with Gasteiger partial charge >= 0.3 is 6.09 Å². The fraction of sp³-hybridized carbons (Fsp3) is 0.321. The number of nitrogens with zero attached hydrogens (tertiary/aromatic N) is 2. The zero-order valence-electron chi connectivity index (χ0n) is 20.2. The van der Waals surface area contributed by atoms with Gasteiger partial charge in [-0.25, -0.2) is 4.79 Å². The third-order valence-corrected chi connectivity index (χ3v) is 6.12. The molecule has 5 nitrogen and oxygen atoms in total. The number of aryl methyl sites for hydroxylation is 1. The second-order valence-electron chi connectivity index (χ2n) is 9.62. The van der Waals surface area contributed by atoms with E-state index in [0.717, 1.165) is 28.9 Å². The molecule has 4 rings (SSSR count). The van der Waals surface area contributed by atoms with Gasteiger partial charge in [-0.05, 0) is 73.7 Å². The van der Waals surface area contributed by atoms with Gasteiger partial charge in [-0.1, -0.05) is 43.3 Å². The summed E-state index contributed by atoms with van der Waals surface area (Å²) in [5.41, 5.74) is 7.19. The number of aromatic hydroxyl groups is 1. The molecule has 0 saturated carbocycles. The maximum Gasteiger partial charge on any atom is 0.414 e. The number of phenolic OH excluding ortho intramolecular Hbond substituents is 1. The van der Waals surface area contributed by atoms with Gasteiger partial charge in [0.25, 0.3) is 0 Å². The van der Waals surface area contributed by atoms with Crippen molar-refractivity contribution in [2.24, 2.45) is 0 Å². The normalized spacial score (nSPS) is 15.0. The van der Waals surface area contributed by atoms with Crippen molar-refractivity contribution in [2.75, 3.05) is 23.9 Å². The molecule has 1 amide bonds. The van der Waals surface area contributed by atoms with Crippen molar-refractivity contribution in [1.82, 2.24) is 0 Å². The van der Waals surface area contributed by atoms with Crippen LogP contribution in [0.4, 0.5) is 16.2 Å². The number of phenols is 1. The first-order valence-electron chi connectivity index (χ1n) is 11.3. The van der Waals surface area contributed by atoms with E-state index >= 15 is 0 Å². The number of hydrogen-bond acceptors (Lipinski definition) is 4.